The van der Waals surface area contributed by atoms with Gasteiger partial charge in [0.15, 0.2) is 0 Å². The Morgan fingerprint density at radius 2 is 1.24 bits per heavy atom. The van der Waals surface area contributed by atoms with Crippen LogP contribution in [0.3, 0.4) is 0 Å². The maximum absolute atomic E-state index is 13.4. The van der Waals surface area contributed by atoms with Crippen molar-refractivity contribution >= 4 is 11.1 Å². The Hall–Kier alpha value is -1.56. The van der Waals surface area contributed by atoms with E-state index in [1.807, 2.05) is 51.1 Å². The minimum Gasteiger partial charge on any atom is -1.00 e. The third-order valence-corrected chi connectivity index (χ3v) is 6.77. The Labute approximate surface area is 244 Å². The molecule has 0 spiro atoms. The minimum absolute atomic E-state index is 0. The van der Waals surface area contributed by atoms with Gasteiger partial charge in [-0.2, -0.15) is 43.6 Å². The fourth-order valence-corrected chi connectivity index (χ4v) is 4.74. The van der Waals surface area contributed by atoms with Crippen molar-refractivity contribution in [1.82, 2.24) is 0 Å². The van der Waals surface area contributed by atoms with Crippen molar-refractivity contribution in [1.29, 1.82) is 0 Å². The van der Waals surface area contributed by atoms with Crippen LogP contribution in [0, 0.1) is 12.0 Å². The molecule has 4 rings (SSSR count). The van der Waals surface area contributed by atoms with E-state index in [2.05, 4.69) is 6.08 Å². The molecule has 9 heteroatoms. The third-order valence-electron chi connectivity index (χ3n) is 6.77. The second kappa shape index (κ2) is 12.1. The first-order valence-electron chi connectivity index (χ1n) is 10.8. The van der Waals surface area contributed by atoms with Gasteiger partial charge in [-0.1, -0.05) is 67.5 Å². The van der Waals surface area contributed by atoms with Gasteiger partial charge in [0.25, 0.3) is 0 Å². The number of alkyl halides is 6. The van der Waals surface area contributed by atoms with Crippen LogP contribution in [0.25, 0.3) is 11.1 Å². The molecule has 1 radical (unpaired) electrons. The number of halogens is 8. The number of hydrogen-bond donors (Lipinski definition) is 0. The third kappa shape index (κ3) is 6.54. The Kier molecular flexibility index (Phi) is 10.9. The standard InChI is InChI=1S/C28H23F6.2ClH.Zr/c1-15-10-25(26(16(15)2)19-8-6-5-7-9-19)24-14-23(17(3)18(24)4)20-11-21(27(29,30)31)13-22(12-20)28(32,33)34;;;/h5-9,11-13,24H,10H2,1-4H3;2*1H;/q-1;;;+3/p-2. The summed E-state index contributed by atoms with van der Waals surface area (Å²) >= 11 is 0. The van der Waals surface area contributed by atoms with Gasteiger partial charge in [0, 0.05) is 11.1 Å². The van der Waals surface area contributed by atoms with E-state index in [0.717, 1.165) is 40.0 Å². The van der Waals surface area contributed by atoms with E-state index < -0.39 is 23.5 Å². The van der Waals surface area contributed by atoms with Crippen molar-refractivity contribution in [2.75, 3.05) is 0 Å². The first-order valence-corrected chi connectivity index (χ1v) is 10.8. The molecule has 0 bridgehead atoms. The van der Waals surface area contributed by atoms with Crippen LogP contribution in [-0.2, 0) is 38.6 Å². The summed E-state index contributed by atoms with van der Waals surface area (Å²) in [6.07, 6.45) is -5.84. The van der Waals surface area contributed by atoms with Gasteiger partial charge in [-0.25, -0.2) is 0 Å². The first-order chi connectivity index (χ1) is 15.8. The van der Waals surface area contributed by atoms with E-state index in [1.54, 1.807) is 6.92 Å². The molecule has 2 aromatic carbocycles. The summed E-state index contributed by atoms with van der Waals surface area (Å²) in [5, 5.41) is 0. The average Bonchev–Trinajstić information content (AvgIpc) is 3.23. The Balaban J connectivity index is 0.00000228. The zero-order valence-electron chi connectivity index (χ0n) is 20.4. The molecular weight excluding hydrogens is 612 g/mol. The summed E-state index contributed by atoms with van der Waals surface area (Å²) in [6, 6.07) is 11.5. The van der Waals surface area contributed by atoms with Gasteiger partial charge in [0.1, 0.15) is 0 Å². The van der Waals surface area contributed by atoms with Crippen molar-refractivity contribution in [3.05, 3.63) is 105 Å². The molecule has 2 aromatic rings. The molecule has 0 fully saturated rings. The predicted molar refractivity (Wildman–Crippen MR) is 121 cm³/mol. The summed E-state index contributed by atoms with van der Waals surface area (Å²) < 4.78 is 80.5. The zero-order valence-corrected chi connectivity index (χ0v) is 24.4. The SMILES string of the molecule is CC1=C(C)C(c2ccccc2)=C(C2[C-]=C(c3cc(C(F)(F)F)cc(C(F)(F)F)c3)C(C)=C2C)C1.[Cl-].[Cl-].[Zr+3]. The molecule has 0 heterocycles. The van der Waals surface area contributed by atoms with E-state index in [0.29, 0.717) is 17.6 Å². The smallest absolute Gasteiger partial charge is 1.00 e. The number of allylic oxidation sites excluding steroid dienone is 8. The zero-order chi connectivity index (χ0) is 25.0. The van der Waals surface area contributed by atoms with Crippen LogP contribution in [0.1, 0.15) is 56.4 Å². The quantitative estimate of drug-likeness (QED) is 0.360. The second-order valence-corrected chi connectivity index (χ2v) is 8.90. The van der Waals surface area contributed by atoms with Crippen LogP contribution >= 0.6 is 0 Å². The minimum atomic E-state index is -4.89. The number of hydrogen-bond acceptors (Lipinski definition) is 0. The second-order valence-electron chi connectivity index (χ2n) is 8.90. The Bertz CT molecular complexity index is 1250. The molecule has 37 heavy (non-hydrogen) atoms. The van der Waals surface area contributed by atoms with Crippen molar-refractivity contribution in [2.45, 2.75) is 46.5 Å². The van der Waals surface area contributed by atoms with E-state index >= 15 is 0 Å². The van der Waals surface area contributed by atoms with Gasteiger partial charge in [-0.3, -0.25) is 0 Å². The van der Waals surface area contributed by atoms with Crippen molar-refractivity contribution < 1.29 is 77.4 Å². The largest absolute Gasteiger partial charge is 3.00 e. The maximum atomic E-state index is 13.4. The summed E-state index contributed by atoms with van der Waals surface area (Å²) in [6.45, 7) is 7.69. The van der Waals surface area contributed by atoms with Gasteiger partial charge >= 0.3 is 38.6 Å². The fraction of sp³-hybridized carbons (Fsp3) is 0.286. The van der Waals surface area contributed by atoms with E-state index in [-0.39, 0.29) is 68.6 Å². The normalized spacial score (nSPS) is 17.9. The molecule has 2 aliphatic carbocycles. The topological polar surface area (TPSA) is 0 Å². The molecule has 0 saturated carbocycles. The molecule has 195 valence electrons. The first kappa shape index (κ1) is 33.5. The monoisotopic (exact) mass is 633 g/mol. The van der Waals surface area contributed by atoms with E-state index in [4.69, 9.17) is 0 Å². The number of rotatable bonds is 3. The molecule has 1 unspecified atom stereocenters. The summed E-state index contributed by atoms with van der Waals surface area (Å²) in [4.78, 5) is 0. The molecule has 0 nitrogen and oxygen atoms in total. The van der Waals surface area contributed by atoms with Crippen LogP contribution in [0.5, 0.6) is 0 Å². The van der Waals surface area contributed by atoms with Crippen LogP contribution in [0.15, 0.2) is 76.4 Å². The van der Waals surface area contributed by atoms with Gasteiger partial charge in [-0.05, 0) is 49.0 Å². The summed E-state index contributed by atoms with van der Waals surface area (Å²) in [5.41, 5.74) is 4.56. The van der Waals surface area contributed by atoms with Crippen molar-refractivity contribution in [3.63, 3.8) is 0 Å². The van der Waals surface area contributed by atoms with Crippen LogP contribution < -0.4 is 24.8 Å². The van der Waals surface area contributed by atoms with Crippen molar-refractivity contribution in [3.8, 4) is 0 Å². The fourth-order valence-electron chi connectivity index (χ4n) is 4.74. The molecule has 0 N–H and O–H groups in total. The van der Waals surface area contributed by atoms with E-state index in [1.165, 1.54) is 5.57 Å². The molecular formula is C28H23Cl2F6Zr. The van der Waals surface area contributed by atoms with Gasteiger partial charge in [0.2, 0.25) is 0 Å². The maximum Gasteiger partial charge on any atom is 3.00 e. The van der Waals surface area contributed by atoms with Crippen molar-refractivity contribution in [2.24, 2.45) is 5.92 Å². The molecule has 2 aliphatic rings. The van der Waals surface area contributed by atoms with Crippen LogP contribution in [0.2, 0.25) is 0 Å². The van der Waals surface area contributed by atoms with Gasteiger partial charge < -0.3 is 24.8 Å². The molecule has 0 aromatic heterocycles. The van der Waals surface area contributed by atoms with Gasteiger partial charge in [-0.15, -0.1) is 11.1 Å². The summed E-state index contributed by atoms with van der Waals surface area (Å²) in [7, 11) is 0. The molecule has 0 amide bonds. The predicted octanol–water partition coefficient (Wildman–Crippen LogP) is 3.08. The van der Waals surface area contributed by atoms with Crippen LogP contribution in [-0.4, -0.2) is 0 Å². The van der Waals surface area contributed by atoms with E-state index in [9.17, 15) is 26.3 Å². The number of benzene rings is 2. The summed E-state index contributed by atoms with van der Waals surface area (Å²) in [5.74, 6) is -0.318. The molecule has 1 atom stereocenters. The Morgan fingerprint density at radius 3 is 1.73 bits per heavy atom. The molecule has 0 aliphatic heterocycles. The average molecular weight is 636 g/mol. The van der Waals surface area contributed by atoms with Gasteiger partial charge in [0.05, 0.1) is 0 Å². The molecule has 0 saturated heterocycles. The van der Waals surface area contributed by atoms with Crippen LogP contribution in [0.4, 0.5) is 26.3 Å². The Morgan fingerprint density at radius 1 is 0.730 bits per heavy atom.